The van der Waals surface area contributed by atoms with E-state index in [1.54, 1.807) is 0 Å². The average molecular weight is 206 g/mol. The molecule has 4 nitrogen and oxygen atoms in total. The van der Waals surface area contributed by atoms with Crippen molar-refractivity contribution in [3.05, 3.63) is 18.0 Å². The molecule has 4 heteroatoms. The molecular weight excluding hydrogens is 188 g/mol. The lowest BCUT2D eigenvalue weighted by atomic mass is 10.1. The van der Waals surface area contributed by atoms with Crippen molar-refractivity contribution in [1.29, 1.82) is 0 Å². The standard InChI is InChI=1S/C11H18N4/c1-3-5-6-13-11(7-12)10-8-14-15(4-2)9-10/h1,8-9,11,13H,4-7,12H2,2H3. The zero-order valence-corrected chi connectivity index (χ0v) is 9.11. The minimum atomic E-state index is 0.152. The Morgan fingerprint density at radius 1 is 1.73 bits per heavy atom. The van der Waals surface area contributed by atoms with Gasteiger partial charge in [0.25, 0.3) is 0 Å². The van der Waals surface area contributed by atoms with Crippen LogP contribution in [0.1, 0.15) is 24.9 Å². The lowest BCUT2D eigenvalue weighted by Crippen LogP contribution is -2.28. The summed E-state index contributed by atoms with van der Waals surface area (Å²) >= 11 is 0. The number of hydrogen-bond acceptors (Lipinski definition) is 3. The van der Waals surface area contributed by atoms with Gasteiger partial charge in [-0.1, -0.05) is 0 Å². The van der Waals surface area contributed by atoms with Crippen LogP contribution in [0.25, 0.3) is 0 Å². The van der Waals surface area contributed by atoms with Crippen molar-refractivity contribution < 1.29 is 0 Å². The van der Waals surface area contributed by atoms with Crippen molar-refractivity contribution >= 4 is 0 Å². The molecule has 15 heavy (non-hydrogen) atoms. The third-order valence-corrected chi connectivity index (χ3v) is 2.28. The van der Waals surface area contributed by atoms with Crippen LogP contribution in [-0.4, -0.2) is 22.9 Å². The van der Waals surface area contributed by atoms with E-state index in [-0.39, 0.29) is 6.04 Å². The van der Waals surface area contributed by atoms with E-state index in [9.17, 15) is 0 Å². The Morgan fingerprint density at radius 3 is 3.07 bits per heavy atom. The van der Waals surface area contributed by atoms with Gasteiger partial charge >= 0.3 is 0 Å². The third kappa shape index (κ3) is 3.39. The minimum absolute atomic E-state index is 0.152. The largest absolute Gasteiger partial charge is 0.329 e. The molecule has 82 valence electrons. The Hall–Kier alpha value is -1.31. The number of aryl methyl sites for hydroxylation is 1. The summed E-state index contributed by atoms with van der Waals surface area (Å²) in [7, 11) is 0. The van der Waals surface area contributed by atoms with Crippen LogP contribution in [0.4, 0.5) is 0 Å². The Labute approximate surface area is 90.8 Å². The minimum Gasteiger partial charge on any atom is -0.329 e. The topological polar surface area (TPSA) is 55.9 Å². The summed E-state index contributed by atoms with van der Waals surface area (Å²) in [6.07, 6.45) is 9.77. The monoisotopic (exact) mass is 206 g/mol. The first kappa shape index (κ1) is 11.8. The molecule has 1 unspecified atom stereocenters. The van der Waals surface area contributed by atoms with E-state index in [1.165, 1.54) is 0 Å². The molecule has 0 bridgehead atoms. The summed E-state index contributed by atoms with van der Waals surface area (Å²) < 4.78 is 1.89. The predicted molar refractivity (Wildman–Crippen MR) is 61.1 cm³/mol. The fraction of sp³-hybridized carbons (Fsp3) is 0.545. The summed E-state index contributed by atoms with van der Waals surface area (Å²) in [5, 5.41) is 7.52. The number of nitrogens with two attached hydrogens (primary N) is 1. The fourth-order valence-corrected chi connectivity index (χ4v) is 1.39. The highest BCUT2D eigenvalue weighted by Gasteiger charge is 2.10. The zero-order chi connectivity index (χ0) is 11.1. The van der Waals surface area contributed by atoms with Gasteiger partial charge in [-0.15, -0.1) is 12.3 Å². The van der Waals surface area contributed by atoms with Crippen molar-refractivity contribution in [3.8, 4) is 12.3 Å². The van der Waals surface area contributed by atoms with Crippen LogP contribution in [0.3, 0.4) is 0 Å². The first-order valence-electron chi connectivity index (χ1n) is 5.21. The molecule has 0 spiro atoms. The van der Waals surface area contributed by atoms with E-state index < -0.39 is 0 Å². The molecule has 0 aliphatic rings. The van der Waals surface area contributed by atoms with Gasteiger partial charge in [-0.05, 0) is 6.92 Å². The number of aromatic nitrogens is 2. The van der Waals surface area contributed by atoms with Gasteiger partial charge < -0.3 is 11.1 Å². The Bertz CT molecular complexity index is 324. The molecular formula is C11H18N4. The van der Waals surface area contributed by atoms with Gasteiger partial charge in [0.1, 0.15) is 0 Å². The lowest BCUT2D eigenvalue weighted by Gasteiger charge is -2.13. The van der Waals surface area contributed by atoms with Gasteiger partial charge in [-0.3, -0.25) is 4.68 Å². The molecule has 0 aromatic carbocycles. The van der Waals surface area contributed by atoms with Crippen LogP contribution in [0.2, 0.25) is 0 Å². The molecule has 1 rings (SSSR count). The van der Waals surface area contributed by atoms with Crippen molar-refractivity contribution in [2.45, 2.75) is 25.9 Å². The van der Waals surface area contributed by atoms with Crippen LogP contribution < -0.4 is 11.1 Å². The third-order valence-electron chi connectivity index (χ3n) is 2.28. The van der Waals surface area contributed by atoms with Crippen LogP contribution in [0, 0.1) is 12.3 Å². The van der Waals surface area contributed by atoms with Crippen molar-refractivity contribution in [1.82, 2.24) is 15.1 Å². The van der Waals surface area contributed by atoms with Gasteiger partial charge in [0, 0.05) is 43.9 Å². The Kier molecular flexibility index (Phi) is 4.88. The summed E-state index contributed by atoms with van der Waals surface area (Å²) in [5.41, 5.74) is 6.81. The summed E-state index contributed by atoms with van der Waals surface area (Å²) in [4.78, 5) is 0. The molecule has 0 aliphatic carbocycles. The summed E-state index contributed by atoms with van der Waals surface area (Å²) in [5.74, 6) is 2.59. The van der Waals surface area contributed by atoms with E-state index in [0.717, 1.165) is 25.1 Å². The SMILES string of the molecule is C#CCCNC(CN)c1cnn(CC)c1. The Morgan fingerprint density at radius 2 is 2.53 bits per heavy atom. The maximum atomic E-state index is 5.69. The second-order valence-corrected chi connectivity index (χ2v) is 3.33. The van der Waals surface area contributed by atoms with Crippen LogP contribution in [-0.2, 0) is 6.54 Å². The molecule has 1 heterocycles. The van der Waals surface area contributed by atoms with Gasteiger partial charge in [0.2, 0.25) is 0 Å². The van der Waals surface area contributed by atoms with Crippen molar-refractivity contribution in [2.75, 3.05) is 13.1 Å². The molecule has 1 aromatic rings. The number of terminal acetylenes is 1. The molecule has 0 fully saturated rings. The zero-order valence-electron chi connectivity index (χ0n) is 9.11. The lowest BCUT2D eigenvalue weighted by molar-refractivity contribution is 0.549. The number of nitrogens with zero attached hydrogens (tertiary/aromatic N) is 2. The van der Waals surface area contributed by atoms with Crippen molar-refractivity contribution in [2.24, 2.45) is 5.73 Å². The second kappa shape index (κ2) is 6.23. The normalized spacial score (nSPS) is 12.3. The molecule has 1 aromatic heterocycles. The molecule has 1 atom stereocenters. The molecule has 0 saturated heterocycles. The smallest absolute Gasteiger partial charge is 0.0538 e. The maximum Gasteiger partial charge on any atom is 0.0538 e. The number of hydrogen-bond donors (Lipinski definition) is 2. The second-order valence-electron chi connectivity index (χ2n) is 3.33. The summed E-state index contributed by atoms with van der Waals surface area (Å²) in [6, 6.07) is 0.152. The van der Waals surface area contributed by atoms with E-state index in [0.29, 0.717) is 6.54 Å². The van der Waals surface area contributed by atoms with E-state index in [2.05, 4.69) is 23.3 Å². The van der Waals surface area contributed by atoms with Gasteiger partial charge in [-0.25, -0.2) is 0 Å². The van der Waals surface area contributed by atoms with Gasteiger partial charge in [0.05, 0.1) is 6.20 Å². The van der Waals surface area contributed by atoms with Crippen LogP contribution in [0.5, 0.6) is 0 Å². The highest BCUT2D eigenvalue weighted by Crippen LogP contribution is 2.10. The Balaban J connectivity index is 2.54. The maximum absolute atomic E-state index is 5.69. The van der Waals surface area contributed by atoms with Gasteiger partial charge in [0.15, 0.2) is 0 Å². The first-order valence-corrected chi connectivity index (χ1v) is 5.21. The number of rotatable bonds is 6. The van der Waals surface area contributed by atoms with E-state index in [1.807, 2.05) is 17.1 Å². The van der Waals surface area contributed by atoms with E-state index >= 15 is 0 Å². The molecule has 0 radical (unpaired) electrons. The highest BCUT2D eigenvalue weighted by atomic mass is 15.3. The molecule has 3 N–H and O–H groups in total. The van der Waals surface area contributed by atoms with Crippen molar-refractivity contribution in [3.63, 3.8) is 0 Å². The molecule has 0 amide bonds. The summed E-state index contributed by atoms with van der Waals surface area (Å²) in [6.45, 7) is 4.28. The quantitative estimate of drug-likeness (QED) is 0.527. The fourth-order valence-electron chi connectivity index (χ4n) is 1.39. The van der Waals surface area contributed by atoms with Gasteiger partial charge in [-0.2, -0.15) is 5.10 Å². The van der Waals surface area contributed by atoms with E-state index in [4.69, 9.17) is 12.2 Å². The molecule has 0 saturated carbocycles. The number of nitrogens with one attached hydrogen (secondary N) is 1. The predicted octanol–water partition coefficient (Wildman–Crippen LogP) is 0.516. The average Bonchev–Trinajstić information content (AvgIpc) is 2.73. The first-order chi connectivity index (χ1) is 7.31. The van der Waals surface area contributed by atoms with Crippen LogP contribution >= 0.6 is 0 Å². The highest BCUT2D eigenvalue weighted by molar-refractivity contribution is 5.11. The van der Waals surface area contributed by atoms with Crippen LogP contribution in [0.15, 0.2) is 12.4 Å². The molecule has 0 aliphatic heterocycles.